The maximum atomic E-state index is 12.6. The number of fused-ring (bicyclic) bond motifs is 2. The summed E-state index contributed by atoms with van der Waals surface area (Å²) >= 11 is 1.58. The van der Waals surface area contributed by atoms with Crippen LogP contribution in [0.3, 0.4) is 0 Å². The Balaban J connectivity index is 1.59. The smallest absolute Gasteiger partial charge is 0.193 e. The van der Waals surface area contributed by atoms with Crippen molar-refractivity contribution >= 4 is 22.1 Å². The molecule has 3 aromatic rings. The maximum absolute atomic E-state index is 12.6. The van der Waals surface area contributed by atoms with Gasteiger partial charge in [0.15, 0.2) is 4.96 Å². The standard InChI is InChI=1S/C16H14N2O2S/c19-14(9-11-10-18-6-8-21-16(18)17-11)12-5-7-20-15-4-2-1-3-13(12)15/h1-4,6,8,10,12H,5,7,9H2. The topological polar surface area (TPSA) is 43.6 Å². The Morgan fingerprint density at radius 2 is 2.33 bits per heavy atom. The fourth-order valence-electron chi connectivity index (χ4n) is 2.84. The highest BCUT2D eigenvalue weighted by atomic mass is 32.1. The van der Waals surface area contributed by atoms with Crippen LogP contribution in [0.5, 0.6) is 5.75 Å². The number of rotatable bonds is 3. The molecule has 5 heteroatoms. The summed E-state index contributed by atoms with van der Waals surface area (Å²) < 4.78 is 7.58. The van der Waals surface area contributed by atoms with Crippen molar-refractivity contribution in [3.8, 4) is 5.75 Å². The van der Waals surface area contributed by atoms with Crippen LogP contribution < -0.4 is 4.74 Å². The second-order valence-corrected chi connectivity index (χ2v) is 6.07. The SMILES string of the molecule is O=C(Cc1cn2ccsc2n1)C1CCOc2ccccc21. The zero-order chi connectivity index (χ0) is 14.2. The van der Waals surface area contributed by atoms with E-state index in [0.29, 0.717) is 13.0 Å². The maximum Gasteiger partial charge on any atom is 0.193 e. The Labute approximate surface area is 126 Å². The molecule has 106 valence electrons. The van der Waals surface area contributed by atoms with Crippen LogP contribution in [0.25, 0.3) is 4.96 Å². The van der Waals surface area contributed by atoms with Gasteiger partial charge in [0.1, 0.15) is 11.5 Å². The van der Waals surface area contributed by atoms with E-state index >= 15 is 0 Å². The van der Waals surface area contributed by atoms with Gasteiger partial charge in [0.2, 0.25) is 0 Å². The Bertz CT molecular complexity index is 777. The molecule has 0 radical (unpaired) electrons. The largest absolute Gasteiger partial charge is 0.493 e. The van der Waals surface area contributed by atoms with Crippen LogP contribution >= 0.6 is 11.3 Å². The lowest BCUT2D eigenvalue weighted by molar-refractivity contribution is -0.120. The number of carbonyl (C=O) groups is 1. The number of hydrogen-bond acceptors (Lipinski definition) is 4. The summed E-state index contributed by atoms with van der Waals surface area (Å²) in [4.78, 5) is 18.1. The van der Waals surface area contributed by atoms with Gasteiger partial charge in [0, 0.05) is 29.3 Å². The van der Waals surface area contributed by atoms with Crippen molar-refractivity contribution in [2.75, 3.05) is 6.61 Å². The van der Waals surface area contributed by atoms with Gasteiger partial charge in [-0.3, -0.25) is 9.20 Å². The van der Waals surface area contributed by atoms with E-state index in [9.17, 15) is 4.79 Å². The van der Waals surface area contributed by atoms with Crippen molar-refractivity contribution in [2.45, 2.75) is 18.8 Å². The van der Waals surface area contributed by atoms with Crippen LogP contribution in [-0.2, 0) is 11.2 Å². The van der Waals surface area contributed by atoms with Gasteiger partial charge in [0.25, 0.3) is 0 Å². The molecule has 21 heavy (non-hydrogen) atoms. The van der Waals surface area contributed by atoms with E-state index in [1.54, 1.807) is 11.3 Å². The van der Waals surface area contributed by atoms with Crippen LogP contribution in [0.1, 0.15) is 23.6 Å². The van der Waals surface area contributed by atoms with Crippen molar-refractivity contribution < 1.29 is 9.53 Å². The van der Waals surface area contributed by atoms with E-state index in [4.69, 9.17) is 4.74 Å². The Morgan fingerprint density at radius 3 is 3.24 bits per heavy atom. The van der Waals surface area contributed by atoms with Crippen LogP contribution in [-0.4, -0.2) is 21.8 Å². The van der Waals surface area contributed by atoms with E-state index in [-0.39, 0.29) is 11.7 Å². The van der Waals surface area contributed by atoms with Crippen LogP contribution in [0.2, 0.25) is 0 Å². The van der Waals surface area contributed by atoms with E-state index in [2.05, 4.69) is 4.98 Å². The van der Waals surface area contributed by atoms with Gasteiger partial charge in [-0.2, -0.15) is 0 Å². The number of carbonyl (C=O) groups excluding carboxylic acids is 1. The molecule has 0 fully saturated rings. The molecule has 0 saturated carbocycles. The number of hydrogen-bond donors (Lipinski definition) is 0. The minimum absolute atomic E-state index is 0.0744. The number of para-hydroxylation sites is 1. The molecule has 4 nitrogen and oxygen atoms in total. The molecule has 1 unspecified atom stereocenters. The normalized spacial score (nSPS) is 17.4. The molecule has 0 N–H and O–H groups in total. The quantitative estimate of drug-likeness (QED) is 0.746. The molecule has 3 heterocycles. The van der Waals surface area contributed by atoms with Gasteiger partial charge in [0.05, 0.1) is 18.7 Å². The third-order valence-corrected chi connectivity index (χ3v) is 4.62. The van der Waals surface area contributed by atoms with Gasteiger partial charge in [-0.15, -0.1) is 11.3 Å². The predicted molar refractivity (Wildman–Crippen MR) is 81.1 cm³/mol. The average molecular weight is 298 g/mol. The van der Waals surface area contributed by atoms with Crippen molar-refractivity contribution in [2.24, 2.45) is 0 Å². The molecular weight excluding hydrogens is 284 g/mol. The van der Waals surface area contributed by atoms with Gasteiger partial charge in [-0.05, 0) is 12.5 Å². The highest BCUT2D eigenvalue weighted by molar-refractivity contribution is 7.15. The Kier molecular flexibility index (Phi) is 3.00. The number of thiazole rings is 1. The number of benzene rings is 1. The third kappa shape index (κ3) is 2.23. The molecule has 0 saturated heterocycles. The van der Waals surface area contributed by atoms with Crippen LogP contribution in [0, 0.1) is 0 Å². The minimum Gasteiger partial charge on any atom is -0.493 e. The lowest BCUT2D eigenvalue weighted by atomic mass is 9.87. The summed E-state index contributed by atoms with van der Waals surface area (Å²) in [5, 5.41) is 1.99. The van der Waals surface area contributed by atoms with Crippen molar-refractivity contribution in [1.82, 2.24) is 9.38 Å². The molecule has 4 rings (SSSR count). The predicted octanol–water partition coefficient (Wildman–Crippen LogP) is 3.07. The van der Waals surface area contributed by atoms with Gasteiger partial charge < -0.3 is 4.74 Å². The molecule has 0 spiro atoms. The fourth-order valence-corrected chi connectivity index (χ4v) is 3.56. The first-order chi connectivity index (χ1) is 10.3. The number of imidazole rings is 1. The van der Waals surface area contributed by atoms with Crippen molar-refractivity contribution in [3.63, 3.8) is 0 Å². The summed E-state index contributed by atoms with van der Waals surface area (Å²) in [6.07, 6.45) is 5.03. The van der Waals surface area contributed by atoms with Crippen LogP contribution in [0.15, 0.2) is 42.0 Å². The Hall–Kier alpha value is -2.14. The van der Waals surface area contributed by atoms with E-state index in [1.807, 2.05) is 46.4 Å². The van der Waals surface area contributed by atoms with Gasteiger partial charge in [-0.1, -0.05) is 18.2 Å². The van der Waals surface area contributed by atoms with Gasteiger partial charge >= 0.3 is 0 Å². The summed E-state index contributed by atoms with van der Waals surface area (Å²) in [7, 11) is 0. The summed E-state index contributed by atoms with van der Waals surface area (Å²) in [5.41, 5.74) is 1.85. The summed E-state index contributed by atoms with van der Waals surface area (Å²) in [5.74, 6) is 0.985. The second kappa shape index (κ2) is 5.00. The zero-order valence-electron chi connectivity index (χ0n) is 11.4. The minimum atomic E-state index is -0.0744. The fraction of sp³-hybridized carbons (Fsp3) is 0.250. The summed E-state index contributed by atoms with van der Waals surface area (Å²) in [6.45, 7) is 0.603. The van der Waals surface area contributed by atoms with Crippen molar-refractivity contribution in [1.29, 1.82) is 0 Å². The Morgan fingerprint density at radius 1 is 1.43 bits per heavy atom. The van der Waals surface area contributed by atoms with Crippen molar-refractivity contribution in [3.05, 3.63) is 53.3 Å². The molecule has 1 atom stereocenters. The molecule has 0 bridgehead atoms. The van der Waals surface area contributed by atoms with E-state index in [1.165, 1.54) is 0 Å². The van der Waals surface area contributed by atoms with E-state index < -0.39 is 0 Å². The first-order valence-corrected chi connectivity index (χ1v) is 7.85. The number of ether oxygens (including phenoxy) is 1. The highest BCUT2D eigenvalue weighted by Crippen LogP contribution is 2.34. The number of Topliss-reactive ketones (excluding diaryl/α,β-unsaturated/α-hetero) is 1. The molecule has 2 aromatic heterocycles. The van der Waals surface area contributed by atoms with Crippen LogP contribution in [0.4, 0.5) is 0 Å². The zero-order valence-corrected chi connectivity index (χ0v) is 12.2. The molecule has 1 aliphatic heterocycles. The molecule has 1 aliphatic rings. The summed E-state index contributed by atoms with van der Waals surface area (Å²) in [6, 6.07) is 7.82. The first kappa shape index (κ1) is 12.6. The third-order valence-electron chi connectivity index (χ3n) is 3.85. The van der Waals surface area contributed by atoms with E-state index in [0.717, 1.165) is 28.4 Å². The monoisotopic (exact) mass is 298 g/mol. The molecule has 0 amide bonds. The molecular formula is C16H14N2O2S. The average Bonchev–Trinajstić information content (AvgIpc) is 3.07. The molecule has 0 aliphatic carbocycles. The lowest BCUT2D eigenvalue weighted by Crippen LogP contribution is -2.22. The molecule has 1 aromatic carbocycles. The first-order valence-electron chi connectivity index (χ1n) is 6.97. The number of ketones is 1. The lowest BCUT2D eigenvalue weighted by Gasteiger charge is -2.24. The highest BCUT2D eigenvalue weighted by Gasteiger charge is 2.27. The number of nitrogens with zero attached hydrogens (tertiary/aromatic N) is 2. The second-order valence-electron chi connectivity index (χ2n) is 5.20. The van der Waals surface area contributed by atoms with Gasteiger partial charge in [-0.25, -0.2) is 4.98 Å². The number of aromatic nitrogens is 2.